The molecule has 1 N–H and O–H groups in total. The van der Waals surface area contributed by atoms with Crippen LogP contribution in [-0.2, 0) is 13.0 Å². The van der Waals surface area contributed by atoms with Crippen LogP contribution >= 0.6 is 0 Å². The van der Waals surface area contributed by atoms with Gasteiger partial charge < -0.3 is 19.7 Å². The van der Waals surface area contributed by atoms with Gasteiger partial charge in [0.05, 0.1) is 19.1 Å². The molecule has 1 aromatic carbocycles. The SMILES string of the molecule is COc1cc2c(cc1OC)CN(c1ncc([N+](=O)[O-])c(NC3CC3)n1)CC2. The van der Waals surface area contributed by atoms with Gasteiger partial charge in [0, 0.05) is 19.1 Å². The topological polar surface area (TPSA) is 103 Å². The summed E-state index contributed by atoms with van der Waals surface area (Å²) in [4.78, 5) is 21.5. The fraction of sp³-hybridized carbons (Fsp3) is 0.444. The second kappa shape index (κ2) is 6.90. The average Bonchev–Trinajstić information content (AvgIpc) is 3.50. The van der Waals surface area contributed by atoms with E-state index in [1.54, 1.807) is 14.2 Å². The number of methoxy groups -OCH3 is 2. The molecule has 2 heterocycles. The maximum atomic E-state index is 11.3. The van der Waals surface area contributed by atoms with E-state index in [0.717, 1.165) is 31.4 Å². The number of anilines is 2. The first-order valence-electron chi connectivity index (χ1n) is 8.85. The van der Waals surface area contributed by atoms with E-state index in [-0.39, 0.29) is 11.7 Å². The van der Waals surface area contributed by atoms with E-state index < -0.39 is 4.92 Å². The highest BCUT2D eigenvalue weighted by molar-refractivity contribution is 5.59. The Morgan fingerprint density at radius 3 is 2.56 bits per heavy atom. The Bertz CT molecular complexity index is 884. The molecule has 1 aromatic heterocycles. The summed E-state index contributed by atoms with van der Waals surface area (Å²) in [5.41, 5.74) is 2.22. The first kappa shape index (κ1) is 17.3. The van der Waals surface area contributed by atoms with Gasteiger partial charge in [-0.3, -0.25) is 10.1 Å². The Balaban J connectivity index is 1.62. The van der Waals surface area contributed by atoms with Gasteiger partial charge in [-0.2, -0.15) is 4.98 Å². The van der Waals surface area contributed by atoms with Crippen molar-refractivity contribution in [1.82, 2.24) is 9.97 Å². The van der Waals surface area contributed by atoms with E-state index in [1.807, 2.05) is 17.0 Å². The van der Waals surface area contributed by atoms with Crippen LogP contribution in [0.5, 0.6) is 11.5 Å². The summed E-state index contributed by atoms with van der Waals surface area (Å²) in [6.07, 6.45) is 4.11. The van der Waals surface area contributed by atoms with Gasteiger partial charge in [0.15, 0.2) is 11.5 Å². The van der Waals surface area contributed by atoms with Gasteiger partial charge in [0.1, 0.15) is 6.20 Å². The monoisotopic (exact) mass is 371 g/mol. The molecule has 0 atom stereocenters. The molecule has 0 bridgehead atoms. The Morgan fingerprint density at radius 1 is 1.22 bits per heavy atom. The van der Waals surface area contributed by atoms with Gasteiger partial charge in [-0.15, -0.1) is 0 Å². The number of hydrogen-bond acceptors (Lipinski definition) is 8. The molecule has 1 saturated carbocycles. The maximum Gasteiger partial charge on any atom is 0.329 e. The average molecular weight is 371 g/mol. The second-order valence-electron chi connectivity index (χ2n) is 6.73. The Kier molecular flexibility index (Phi) is 4.43. The third-order valence-electron chi connectivity index (χ3n) is 4.87. The van der Waals surface area contributed by atoms with Crippen molar-refractivity contribution in [3.05, 3.63) is 39.6 Å². The highest BCUT2D eigenvalue weighted by Gasteiger charge is 2.28. The fourth-order valence-electron chi connectivity index (χ4n) is 3.23. The van der Waals surface area contributed by atoms with Crippen LogP contribution in [0.15, 0.2) is 18.3 Å². The summed E-state index contributed by atoms with van der Waals surface area (Å²) in [5.74, 6) is 2.18. The zero-order chi connectivity index (χ0) is 19.0. The number of nitrogens with zero attached hydrogens (tertiary/aromatic N) is 4. The van der Waals surface area contributed by atoms with Crippen LogP contribution in [0.4, 0.5) is 17.5 Å². The van der Waals surface area contributed by atoms with E-state index in [1.165, 1.54) is 11.8 Å². The smallest absolute Gasteiger partial charge is 0.329 e. The van der Waals surface area contributed by atoms with Crippen LogP contribution in [0.25, 0.3) is 0 Å². The van der Waals surface area contributed by atoms with E-state index in [9.17, 15) is 10.1 Å². The minimum absolute atomic E-state index is 0.0885. The number of hydrogen-bond donors (Lipinski definition) is 1. The minimum Gasteiger partial charge on any atom is -0.493 e. The number of ether oxygens (including phenoxy) is 2. The van der Waals surface area contributed by atoms with Crippen molar-refractivity contribution in [2.75, 3.05) is 31.0 Å². The summed E-state index contributed by atoms with van der Waals surface area (Å²) >= 11 is 0. The molecule has 2 aromatic rings. The number of fused-ring (bicyclic) bond motifs is 1. The molecule has 0 radical (unpaired) electrons. The van der Waals surface area contributed by atoms with E-state index >= 15 is 0 Å². The molecular weight excluding hydrogens is 350 g/mol. The predicted octanol–water partition coefficient (Wildman–Crippen LogP) is 2.54. The summed E-state index contributed by atoms with van der Waals surface area (Å²) in [5, 5.41) is 14.4. The third-order valence-corrected chi connectivity index (χ3v) is 4.87. The first-order chi connectivity index (χ1) is 13.1. The molecule has 0 saturated heterocycles. The van der Waals surface area contributed by atoms with Gasteiger partial charge in [0.2, 0.25) is 11.8 Å². The zero-order valence-corrected chi connectivity index (χ0v) is 15.3. The number of nitro groups is 1. The molecule has 0 spiro atoms. The van der Waals surface area contributed by atoms with Crippen molar-refractivity contribution in [2.24, 2.45) is 0 Å². The van der Waals surface area contributed by atoms with Gasteiger partial charge in [-0.1, -0.05) is 0 Å². The van der Waals surface area contributed by atoms with Crippen molar-refractivity contribution in [3.63, 3.8) is 0 Å². The number of aromatic nitrogens is 2. The highest BCUT2D eigenvalue weighted by atomic mass is 16.6. The molecule has 1 fully saturated rings. The van der Waals surface area contributed by atoms with Crippen molar-refractivity contribution in [3.8, 4) is 11.5 Å². The van der Waals surface area contributed by atoms with E-state index in [0.29, 0.717) is 29.8 Å². The summed E-state index contributed by atoms with van der Waals surface area (Å²) in [6.45, 7) is 1.33. The quantitative estimate of drug-likeness (QED) is 0.610. The largest absolute Gasteiger partial charge is 0.493 e. The van der Waals surface area contributed by atoms with Gasteiger partial charge >= 0.3 is 5.69 Å². The molecule has 27 heavy (non-hydrogen) atoms. The number of benzene rings is 1. The normalized spacial score (nSPS) is 15.9. The predicted molar refractivity (Wildman–Crippen MR) is 99.6 cm³/mol. The molecule has 9 nitrogen and oxygen atoms in total. The first-order valence-corrected chi connectivity index (χ1v) is 8.85. The zero-order valence-electron chi connectivity index (χ0n) is 15.3. The van der Waals surface area contributed by atoms with Crippen LogP contribution in [-0.4, -0.2) is 41.7 Å². The van der Waals surface area contributed by atoms with Crippen molar-refractivity contribution in [1.29, 1.82) is 0 Å². The lowest BCUT2D eigenvalue weighted by Crippen LogP contribution is -2.32. The molecule has 1 aliphatic heterocycles. The Labute approximate surface area is 156 Å². The Hall–Kier alpha value is -3.10. The molecule has 1 aliphatic carbocycles. The van der Waals surface area contributed by atoms with Crippen molar-refractivity contribution >= 4 is 17.5 Å². The molecule has 0 amide bonds. The standard InChI is InChI=1S/C18H21N5O4/c1-26-15-7-11-5-6-22(10-12(11)8-16(15)27-2)18-19-9-14(23(24)25)17(21-18)20-13-3-4-13/h7-9,13H,3-6,10H2,1-2H3,(H,19,20,21). The van der Waals surface area contributed by atoms with Gasteiger partial charge in [-0.25, -0.2) is 4.98 Å². The van der Waals surface area contributed by atoms with Gasteiger partial charge in [-0.05, 0) is 42.5 Å². The Morgan fingerprint density at radius 2 is 1.93 bits per heavy atom. The second-order valence-corrected chi connectivity index (χ2v) is 6.73. The molecule has 2 aliphatic rings. The molecule has 4 rings (SSSR count). The van der Waals surface area contributed by atoms with Crippen LogP contribution in [0.2, 0.25) is 0 Å². The lowest BCUT2D eigenvalue weighted by atomic mass is 9.99. The fourth-order valence-corrected chi connectivity index (χ4v) is 3.23. The summed E-state index contributed by atoms with van der Waals surface area (Å²) in [6, 6.07) is 4.24. The van der Waals surface area contributed by atoms with Crippen LogP contribution in [0, 0.1) is 10.1 Å². The van der Waals surface area contributed by atoms with Crippen molar-refractivity contribution in [2.45, 2.75) is 31.8 Å². The number of nitrogens with one attached hydrogen (secondary N) is 1. The minimum atomic E-state index is -0.447. The molecule has 0 unspecified atom stereocenters. The third kappa shape index (κ3) is 3.44. The summed E-state index contributed by atoms with van der Waals surface area (Å²) < 4.78 is 10.8. The summed E-state index contributed by atoms with van der Waals surface area (Å²) in [7, 11) is 3.23. The van der Waals surface area contributed by atoms with Crippen LogP contribution < -0.4 is 19.7 Å². The van der Waals surface area contributed by atoms with Gasteiger partial charge in [0.25, 0.3) is 0 Å². The highest BCUT2D eigenvalue weighted by Crippen LogP contribution is 2.35. The molecule has 142 valence electrons. The van der Waals surface area contributed by atoms with E-state index in [4.69, 9.17) is 9.47 Å². The van der Waals surface area contributed by atoms with E-state index in [2.05, 4.69) is 15.3 Å². The maximum absolute atomic E-state index is 11.3. The molecule has 9 heteroatoms. The van der Waals surface area contributed by atoms with Crippen LogP contribution in [0.3, 0.4) is 0 Å². The number of rotatable bonds is 6. The van der Waals surface area contributed by atoms with Crippen LogP contribution in [0.1, 0.15) is 24.0 Å². The van der Waals surface area contributed by atoms with Crippen molar-refractivity contribution < 1.29 is 14.4 Å². The lowest BCUT2D eigenvalue weighted by Gasteiger charge is -2.29. The lowest BCUT2D eigenvalue weighted by molar-refractivity contribution is -0.384. The molecular formula is C18H21N5O4.